The highest BCUT2D eigenvalue weighted by Crippen LogP contribution is 2.22. The number of hydrogen-bond acceptors (Lipinski definition) is 2. The standard InChI is InChI=1S/C17H17FOS/c1-12(2)13-6-8-16(9-7-13)20-11-17(19)14-4-3-5-15(18)10-14/h3-10,12H,11H2,1-2H3. The molecular weight excluding hydrogens is 271 g/mol. The first-order valence-corrected chi connectivity index (χ1v) is 7.56. The minimum atomic E-state index is -0.373. The maximum absolute atomic E-state index is 13.1. The Kier molecular flexibility index (Phi) is 4.96. The van der Waals surface area contributed by atoms with E-state index in [0.29, 0.717) is 17.2 Å². The van der Waals surface area contributed by atoms with Crippen LogP contribution >= 0.6 is 11.8 Å². The van der Waals surface area contributed by atoms with E-state index in [-0.39, 0.29) is 11.6 Å². The summed E-state index contributed by atoms with van der Waals surface area (Å²) in [4.78, 5) is 13.0. The Balaban J connectivity index is 1.96. The van der Waals surface area contributed by atoms with Crippen LogP contribution in [-0.2, 0) is 0 Å². The number of rotatable bonds is 5. The summed E-state index contributed by atoms with van der Waals surface area (Å²) in [7, 11) is 0. The van der Waals surface area contributed by atoms with Crippen LogP contribution in [0.1, 0.15) is 35.7 Å². The van der Waals surface area contributed by atoms with E-state index in [4.69, 9.17) is 0 Å². The first-order valence-electron chi connectivity index (χ1n) is 6.58. The summed E-state index contributed by atoms with van der Waals surface area (Å²) in [5, 5.41) is 0. The lowest BCUT2D eigenvalue weighted by molar-refractivity contribution is 0.102. The van der Waals surface area contributed by atoms with E-state index in [9.17, 15) is 9.18 Å². The van der Waals surface area contributed by atoms with Crippen LogP contribution in [0.3, 0.4) is 0 Å². The third-order valence-corrected chi connectivity index (χ3v) is 4.08. The van der Waals surface area contributed by atoms with Crippen molar-refractivity contribution in [3.63, 3.8) is 0 Å². The molecule has 0 radical (unpaired) electrons. The maximum Gasteiger partial charge on any atom is 0.173 e. The fourth-order valence-electron chi connectivity index (χ4n) is 1.84. The number of thioether (sulfide) groups is 1. The van der Waals surface area contributed by atoms with E-state index in [0.717, 1.165) is 4.90 Å². The summed E-state index contributed by atoms with van der Waals surface area (Å²) >= 11 is 1.48. The smallest absolute Gasteiger partial charge is 0.173 e. The second kappa shape index (κ2) is 6.71. The molecule has 3 heteroatoms. The van der Waals surface area contributed by atoms with Crippen molar-refractivity contribution in [2.24, 2.45) is 0 Å². The molecule has 2 aromatic carbocycles. The highest BCUT2D eigenvalue weighted by Gasteiger charge is 2.08. The minimum absolute atomic E-state index is 0.0533. The van der Waals surface area contributed by atoms with Gasteiger partial charge in [0.2, 0.25) is 0 Å². The molecule has 0 aromatic heterocycles. The molecule has 2 aromatic rings. The van der Waals surface area contributed by atoms with E-state index in [1.165, 1.54) is 29.5 Å². The van der Waals surface area contributed by atoms with E-state index in [1.807, 2.05) is 12.1 Å². The fourth-order valence-corrected chi connectivity index (χ4v) is 2.64. The molecule has 0 unspecified atom stereocenters. The van der Waals surface area contributed by atoms with Gasteiger partial charge in [-0.05, 0) is 35.7 Å². The van der Waals surface area contributed by atoms with Crippen molar-refractivity contribution in [3.05, 3.63) is 65.5 Å². The normalized spacial score (nSPS) is 10.8. The largest absolute Gasteiger partial charge is 0.293 e. The van der Waals surface area contributed by atoms with Crippen molar-refractivity contribution in [2.75, 3.05) is 5.75 Å². The molecule has 104 valence electrons. The third kappa shape index (κ3) is 3.94. The Bertz CT molecular complexity index is 590. The molecule has 0 aliphatic heterocycles. The molecule has 0 N–H and O–H groups in total. The second-order valence-corrected chi connectivity index (χ2v) is 5.99. The first kappa shape index (κ1) is 14.8. The highest BCUT2D eigenvalue weighted by molar-refractivity contribution is 8.00. The van der Waals surface area contributed by atoms with Crippen LogP contribution in [0, 0.1) is 5.82 Å². The van der Waals surface area contributed by atoms with E-state index < -0.39 is 0 Å². The lowest BCUT2D eigenvalue weighted by Crippen LogP contribution is -2.02. The Morgan fingerprint density at radius 3 is 2.45 bits per heavy atom. The Morgan fingerprint density at radius 1 is 1.15 bits per heavy atom. The van der Waals surface area contributed by atoms with Gasteiger partial charge in [-0.15, -0.1) is 11.8 Å². The Morgan fingerprint density at radius 2 is 1.85 bits per heavy atom. The number of halogens is 1. The summed E-state index contributed by atoms with van der Waals surface area (Å²) in [5.74, 6) is 0.400. The number of ketones is 1. The monoisotopic (exact) mass is 288 g/mol. The van der Waals surface area contributed by atoms with Crippen LogP contribution in [0.4, 0.5) is 4.39 Å². The van der Waals surface area contributed by atoms with Gasteiger partial charge in [0.25, 0.3) is 0 Å². The third-order valence-electron chi connectivity index (χ3n) is 3.06. The zero-order chi connectivity index (χ0) is 14.5. The molecule has 2 rings (SSSR count). The number of hydrogen-bond donors (Lipinski definition) is 0. The van der Waals surface area contributed by atoms with Crippen LogP contribution < -0.4 is 0 Å². The van der Waals surface area contributed by atoms with Crippen molar-refractivity contribution in [3.8, 4) is 0 Å². The quantitative estimate of drug-likeness (QED) is 0.573. The lowest BCUT2D eigenvalue weighted by atomic mass is 10.0. The molecule has 0 aliphatic carbocycles. The van der Waals surface area contributed by atoms with Crippen molar-refractivity contribution in [1.82, 2.24) is 0 Å². The van der Waals surface area contributed by atoms with Gasteiger partial charge >= 0.3 is 0 Å². The number of carbonyl (C=O) groups excluding carboxylic acids is 1. The SMILES string of the molecule is CC(C)c1ccc(SCC(=O)c2cccc(F)c2)cc1. The average Bonchev–Trinajstić information content (AvgIpc) is 2.45. The molecule has 0 atom stereocenters. The average molecular weight is 288 g/mol. The number of benzene rings is 2. The van der Waals surface area contributed by atoms with Crippen LogP contribution in [-0.4, -0.2) is 11.5 Å². The van der Waals surface area contributed by atoms with Crippen LogP contribution in [0.5, 0.6) is 0 Å². The molecule has 0 saturated carbocycles. The zero-order valence-corrected chi connectivity index (χ0v) is 12.4. The molecule has 0 amide bonds. The predicted molar refractivity (Wildman–Crippen MR) is 82.0 cm³/mol. The van der Waals surface area contributed by atoms with Gasteiger partial charge in [-0.2, -0.15) is 0 Å². The molecule has 1 nitrogen and oxygen atoms in total. The zero-order valence-electron chi connectivity index (χ0n) is 11.6. The van der Waals surface area contributed by atoms with Gasteiger partial charge in [-0.25, -0.2) is 4.39 Å². The molecule has 0 aliphatic rings. The molecule has 20 heavy (non-hydrogen) atoms. The van der Waals surface area contributed by atoms with Gasteiger partial charge in [0.05, 0.1) is 5.75 Å². The molecule has 0 bridgehead atoms. The minimum Gasteiger partial charge on any atom is -0.293 e. The lowest BCUT2D eigenvalue weighted by Gasteiger charge is -2.06. The Labute approximate surface area is 123 Å². The van der Waals surface area contributed by atoms with E-state index in [2.05, 4.69) is 26.0 Å². The van der Waals surface area contributed by atoms with Gasteiger partial charge in [-0.1, -0.05) is 38.1 Å². The topological polar surface area (TPSA) is 17.1 Å². The summed E-state index contributed by atoms with van der Waals surface area (Å²) in [5.41, 5.74) is 1.71. The maximum atomic E-state index is 13.1. The van der Waals surface area contributed by atoms with Crippen molar-refractivity contribution < 1.29 is 9.18 Å². The summed E-state index contributed by atoms with van der Waals surface area (Å²) in [6, 6.07) is 14.1. The van der Waals surface area contributed by atoms with E-state index >= 15 is 0 Å². The van der Waals surface area contributed by atoms with Crippen LogP contribution in [0.25, 0.3) is 0 Å². The van der Waals surface area contributed by atoms with Crippen LogP contribution in [0.15, 0.2) is 53.4 Å². The number of carbonyl (C=O) groups is 1. The molecule has 0 heterocycles. The summed E-state index contributed by atoms with van der Waals surface area (Å²) < 4.78 is 13.1. The van der Waals surface area contributed by atoms with Crippen molar-refractivity contribution in [1.29, 1.82) is 0 Å². The van der Waals surface area contributed by atoms with Gasteiger partial charge in [0.1, 0.15) is 5.82 Å². The van der Waals surface area contributed by atoms with Gasteiger partial charge in [0, 0.05) is 10.5 Å². The molecule has 0 spiro atoms. The summed E-state index contributed by atoms with van der Waals surface area (Å²) in [6.45, 7) is 4.30. The highest BCUT2D eigenvalue weighted by atomic mass is 32.2. The van der Waals surface area contributed by atoms with Gasteiger partial charge < -0.3 is 0 Å². The Hall–Kier alpha value is -1.61. The van der Waals surface area contributed by atoms with E-state index in [1.54, 1.807) is 12.1 Å². The van der Waals surface area contributed by atoms with Crippen LogP contribution in [0.2, 0.25) is 0 Å². The van der Waals surface area contributed by atoms with Crippen molar-refractivity contribution in [2.45, 2.75) is 24.7 Å². The molecular formula is C17H17FOS. The fraction of sp³-hybridized carbons (Fsp3) is 0.235. The molecule has 0 fully saturated rings. The first-order chi connectivity index (χ1) is 9.56. The number of Topliss-reactive ketones (excluding diaryl/α,β-unsaturated/α-hetero) is 1. The van der Waals surface area contributed by atoms with Gasteiger partial charge in [0.15, 0.2) is 5.78 Å². The summed E-state index contributed by atoms with van der Waals surface area (Å²) in [6.07, 6.45) is 0. The predicted octanol–water partition coefficient (Wildman–Crippen LogP) is 4.92. The van der Waals surface area contributed by atoms with Crippen molar-refractivity contribution >= 4 is 17.5 Å². The second-order valence-electron chi connectivity index (χ2n) is 4.95. The van der Waals surface area contributed by atoms with Gasteiger partial charge in [-0.3, -0.25) is 4.79 Å². The molecule has 0 saturated heterocycles.